The van der Waals surface area contributed by atoms with Crippen LogP contribution in [0.2, 0.25) is 0 Å². The number of ether oxygens (including phenoxy) is 2. The van der Waals surface area contributed by atoms with Gasteiger partial charge in [-0.3, -0.25) is 0 Å². The van der Waals surface area contributed by atoms with Crippen molar-refractivity contribution in [2.45, 2.75) is 16.3 Å². The van der Waals surface area contributed by atoms with Crippen molar-refractivity contribution in [1.29, 1.82) is 0 Å². The van der Waals surface area contributed by atoms with Gasteiger partial charge in [-0.05, 0) is 12.1 Å². The van der Waals surface area contributed by atoms with E-state index in [0.717, 1.165) is 0 Å². The topological polar surface area (TPSA) is 98.8 Å². The van der Waals surface area contributed by atoms with E-state index >= 15 is 0 Å². The molecule has 0 bridgehead atoms. The second kappa shape index (κ2) is 6.23. The summed E-state index contributed by atoms with van der Waals surface area (Å²) in [6, 6.07) is 3.24. The Balaban J connectivity index is 2.28. The molecule has 10 heteroatoms. The third kappa shape index (κ3) is 3.65. The lowest BCUT2D eigenvalue weighted by Gasteiger charge is -2.15. The number of halogens is 1. The molecular formula is C12H16ClNO6S2. The molecule has 124 valence electrons. The summed E-state index contributed by atoms with van der Waals surface area (Å²) in [7, 11) is -4.42. The monoisotopic (exact) mass is 369 g/mol. The van der Waals surface area contributed by atoms with Gasteiger partial charge in [0.1, 0.15) is 0 Å². The molecule has 0 aromatic heterocycles. The lowest BCUT2D eigenvalue weighted by molar-refractivity contribution is 0.354. The third-order valence-electron chi connectivity index (χ3n) is 3.26. The molecule has 1 N–H and O–H groups in total. The molecule has 1 aliphatic heterocycles. The summed E-state index contributed by atoms with van der Waals surface area (Å²) in [4.78, 5) is -0.0571. The van der Waals surface area contributed by atoms with E-state index in [1.807, 2.05) is 0 Å². The van der Waals surface area contributed by atoms with Crippen molar-refractivity contribution in [3.05, 3.63) is 18.2 Å². The lowest BCUT2D eigenvalue weighted by atomic mass is 10.3. The normalized spacial score (nSPS) is 24.1. The largest absolute Gasteiger partial charge is 0.493 e. The van der Waals surface area contributed by atoms with Crippen molar-refractivity contribution in [3.8, 4) is 11.5 Å². The molecule has 0 spiro atoms. The maximum Gasteiger partial charge on any atom is 0.241 e. The van der Waals surface area contributed by atoms with Crippen molar-refractivity contribution >= 4 is 31.5 Å². The fourth-order valence-corrected chi connectivity index (χ4v) is 6.19. The number of hydrogen-bond donors (Lipinski definition) is 1. The molecule has 1 saturated heterocycles. The average molecular weight is 370 g/mol. The van der Waals surface area contributed by atoms with Crippen LogP contribution in [0, 0.1) is 0 Å². The lowest BCUT2D eigenvalue weighted by Crippen LogP contribution is -2.40. The van der Waals surface area contributed by atoms with Crippen molar-refractivity contribution in [1.82, 2.24) is 4.72 Å². The van der Waals surface area contributed by atoms with Crippen LogP contribution in [0.25, 0.3) is 0 Å². The first-order valence-corrected chi connectivity index (χ1v) is 10.0. The Kier molecular flexibility index (Phi) is 4.90. The van der Waals surface area contributed by atoms with E-state index in [-0.39, 0.29) is 22.2 Å². The predicted octanol–water partition coefficient (Wildman–Crippen LogP) is 0.386. The van der Waals surface area contributed by atoms with E-state index in [9.17, 15) is 16.8 Å². The van der Waals surface area contributed by atoms with E-state index in [4.69, 9.17) is 21.1 Å². The first kappa shape index (κ1) is 17.3. The van der Waals surface area contributed by atoms with E-state index in [0.29, 0.717) is 5.75 Å². The zero-order valence-corrected chi connectivity index (χ0v) is 14.3. The smallest absolute Gasteiger partial charge is 0.241 e. The molecule has 1 fully saturated rings. The van der Waals surface area contributed by atoms with Crippen LogP contribution in [-0.2, 0) is 19.9 Å². The number of methoxy groups -OCH3 is 2. The summed E-state index contributed by atoms with van der Waals surface area (Å²) in [5.74, 6) is 0.0911. The second-order valence-electron chi connectivity index (χ2n) is 4.84. The molecule has 1 heterocycles. The minimum absolute atomic E-state index is 0.0571. The molecule has 7 nitrogen and oxygen atoms in total. The van der Waals surface area contributed by atoms with Crippen LogP contribution in [0.3, 0.4) is 0 Å². The maximum atomic E-state index is 12.4. The van der Waals surface area contributed by atoms with Crippen LogP contribution < -0.4 is 14.2 Å². The number of benzene rings is 1. The molecule has 0 radical (unpaired) electrons. The second-order valence-corrected chi connectivity index (χ2v) is 9.27. The zero-order chi connectivity index (χ0) is 16.5. The van der Waals surface area contributed by atoms with Gasteiger partial charge in [0.05, 0.1) is 42.0 Å². The first-order chi connectivity index (χ1) is 10.2. The number of rotatable bonds is 5. The predicted molar refractivity (Wildman–Crippen MR) is 82.0 cm³/mol. The summed E-state index contributed by atoms with van der Waals surface area (Å²) in [5.41, 5.74) is 0. The Morgan fingerprint density at radius 2 is 1.82 bits per heavy atom. The maximum absolute atomic E-state index is 12.4. The van der Waals surface area contributed by atoms with Crippen LogP contribution in [-0.4, -0.2) is 54.0 Å². The number of nitrogens with one attached hydrogen (secondary N) is 1. The number of hydrogen-bond acceptors (Lipinski definition) is 6. The summed E-state index contributed by atoms with van der Waals surface area (Å²) < 4.78 is 60.1. The molecule has 1 aromatic rings. The summed E-state index contributed by atoms with van der Waals surface area (Å²) in [5, 5.41) is -0.792. The van der Waals surface area contributed by atoms with Gasteiger partial charge in [0.25, 0.3) is 0 Å². The summed E-state index contributed by atoms with van der Waals surface area (Å²) in [6.45, 7) is 0. The Hall–Kier alpha value is -1.03. The molecule has 2 atom stereocenters. The van der Waals surface area contributed by atoms with Crippen molar-refractivity contribution in [2.24, 2.45) is 0 Å². The molecule has 0 saturated carbocycles. The van der Waals surface area contributed by atoms with E-state index in [1.54, 1.807) is 0 Å². The Bertz CT molecular complexity index is 762. The van der Waals surface area contributed by atoms with Crippen LogP contribution in [0.5, 0.6) is 11.5 Å². The van der Waals surface area contributed by atoms with E-state index in [1.165, 1.54) is 32.4 Å². The highest BCUT2D eigenvalue weighted by molar-refractivity contribution is 7.92. The Labute approximate surface area is 134 Å². The van der Waals surface area contributed by atoms with Crippen molar-refractivity contribution < 1.29 is 26.3 Å². The zero-order valence-electron chi connectivity index (χ0n) is 11.9. The van der Waals surface area contributed by atoms with Gasteiger partial charge in [0.15, 0.2) is 21.3 Å². The molecule has 1 aliphatic rings. The summed E-state index contributed by atoms with van der Waals surface area (Å²) in [6.07, 6.45) is 0. The Morgan fingerprint density at radius 1 is 1.18 bits per heavy atom. The van der Waals surface area contributed by atoms with Gasteiger partial charge >= 0.3 is 0 Å². The Morgan fingerprint density at radius 3 is 2.32 bits per heavy atom. The van der Waals surface area contributed by atoms with E-state index < -0.39 is 31.3 Å². The van der Waals surface area contributed by atoms with Crippen LogP contribution in [0.15, 0.2) is 23.1 Å². The molecule has 1 aromatic carbocycles. The van der Waals surface area contributed by atoms with Gasteiger partial charge < -0.3 is 9.47 Å². The molecular weight excluding hydrogens is 354 g/mol. The fraction of sp³-hybridized carbons (Fsp3) is 0.500. The first-order valence-electron chi connectivity index (χ1n) is 6.27. The fourth-order valence-electron chi connectivity index (χ4n) is 2.16. The highest BCUT2D eigenvalue weighted by Crippen LogP contribution is 2.30. The molecule has 22 heavy (non-hydrogen) atoms. The molecule has 2 unspecified atom stereocenters. The number of alkyl halides is 1. The van der Waals surface area contributed by atoms with Crippen LogP contribution in [0.1, 0.15) is 0 Å². The van der Waals surface area contributed by atoms with Gasteiger partial charge in [-0.2, -0.15) is 0 Å². The standard InChI is InChI=1S/C12H16ClNO6S2/c1-19-11-4-3-8(5-12(11)20-2)22(17,18)14-10-7-21(15,16)6-9(10)13/h3-5,9-10,14H,6-7H2,1-2H3. The van der Waals surface area contributed by atoms with Gasteiger partial charge in [0.2, 0.25) is 10.0 Å². The highest BCUT2D eigenvalue weighted by atomic mass is 35.5. The van der Waals surface area contributed by atoms with Gasteiger partial charge in [0, 0.05) is 6.07 Å². The molecule has 0 amide bonds. The number of sulfonamides is 1. The molecule has 2 rings (SSSR count). The minimum Gasteiger partial charge on any atom is -0.493 e. The van der Waals surface area contributed by atoms with Crippen molar-refractivity contribution in [3.63, 3.8) is 0 Å². The van der Waals surface area contributed by atoms with Crippen LogP contribution in [0.4, 0.5) is 0 Å². The molecule has 0 aliphatic carbocycles. The van der Waals surface area contributed by atoms with Gasteiger partial charge in [-0.25, -0.2) is 21.6 Å². The SMILES string of the molecule is COc1ccc(S(=O)(=O)NC2CS(=O)(=O)CC2Cl)cc1OC. The van der Waals surface area contributed by atoms with Crippen molar-refractivity contribution in [2.75, 3.05) is 25.7 Å². The van der Waals surface area contributed by atoms with Gasteiger partial charge in [-0.1, -0.05) is 0 Å². The summed E-state index contributed by atoms with van der Waals surface area (Å²) >= 11 is 5.91. The average Bonchev–Trinajstić information content (AvgIpc) is 2.69. The quantitative estimate of drug-likeness (QED) is 0.754. The van der Waals surface area contributed by atoms with E-state index in [2.05, 4.69) is 4.72 Å². The van der Waals surface area contributed by atoms with Crippen LogP contribution >= 0.6 is 11.6 Å². The number of sulfone groups is 1. The minimum atomic E-state index is -3.92. The van der Waals surface area contributed by atoms with Gasteiger partial charge in [-0.15, -0.1) is 11.6 Å². The third-order valence-corrected chi connectivity index (χ3v) is 7.12. The highest BCUT2D eigenvalue weighted by Gasteiger charge is 2.39.